The second kappa shape index (κ2) is 10.8. The van der Waals surface area contributed by atoms with Crippen LogP contribution in [-0.2, 0) is 9.53 Å². The minimum Gasteiger partial charge on any atom is -0.493 e. The van der Waals surface area contributed by atoms with E-state index in [0.717, 1.165) is 0 Å². The van der Waals surface area contributed by atoms with Crippen molar-refractivity contribution in [1.82, 2.24) is 5.32 Å². The van der Waals surface area contributed by atoms with E-state index in [9.17, 15) is 22.8 Å². The van der Waals surface area contributed by atoms with E-state index in [1.165, 1.54) is 14.0 Å². The molecule has 1 amide bonds. The van der Waals surface area contributed by atoms with Crippen molar-refractivity contribution in [1.29, 1.82) is 0 Å². The van der Waals surface area contributed by atoms with Gasteiger partial charge in [-0.3, -0.25) is 9.59 Å². The van der Waals surface area contributed by atoms with Gasteiger partial charge in [0.25, 0.3) is 0 Å². The molecule has 0 radical (unpaired) electrons. The molecule has 0 saturated carbocycles. The average molecular weight is 391 g/mol. The largest absolute Gasteiger partial charge is 0.493 e. The van der Waals surface area contributed by atoms with Gasteiger partial charge in [-0.05, 0) is 38.5 Å². The molecule has 0 fully saturated rings. The van der Waals surface area contributed by atoms with E-state index >= 15 is 0 Å². The summed E-state index contributed by atoms with van der Waals surface area (Å²) in [5.41, 5.74) is 0.500. The molecule has 1 aromatic rings. The third kappa shape index (κ3) is 9.28. The van der Waals surface area contributed by atoms with Gasteiger partial charge in [0.05, 0.1) is 20.3 Å². The van der Waals surface area contributed by atoms with Crippen LogP contribution in [0.5, 0.6) is 11.5 Å². The second-order valence-electron chi connectivity index (χ2n) is 5.97. The summed E-state index contributed by atoms with van der Waals surface area (Å²) in [7, 11) is 1.46. The van der Waals surface area contributed by atoms with Gasteiger partial charge in [-0.2, -0.15) is 13.2 Å². The Kier molecular flexibility index (Phi) is 9.07. The van der Waals surface area contributed by atoms with E-state index in [1.54, 1.807) is 25.1 Å². The Morgan fingerprint density at radius 2 is 1.93 bits per heavy atom. The number of ketones is 1. The molecule has 0 heterocycles. The fourth-order valence-electron chi connectivity index (χ4n) is 2.16. The maximum Gasteiger partial charge on any atom is 0.411 e. The molecule has 27 heavy (non-hydrogen) atoms. The Labute approximate surface area is 156 Å². The average Bonchev–Trinajstić information content (AvgIpc) is 2.57. The summed E-state index contributed by atoms with van der Waals surface area (Å²) in [6.45, 7) is 1.68. The number of halogens is 3. The van der Waals surface area contributed by atoms with Gasteiger partial charge in [0.15, 0.2) is 17.3 Å². The van der Waals surface area contributed by atoms with Gasteiger partial charge in [0.1, 0.15) is 6.61 Å². The van der Waals surface area contributed by atoms with Crippen molar-refractivity contribution in [3.05, 3.63) is 23.8 Å². The van der Waals surface area contributed by atoms with E-state index in [1.807, 2.05) is 0 Å². The topological polar surface area (TPSA) is 73.9 Å². The first-order valence-corrected chi connectivity index (χ1v) is 8.38. The van der Waals surface area contributed by atoms with Crippen LogP contribution >= 0.6 is 0 Å². The molecule has 1 unspecified atom stereocenters. The zero-order chi connectivity index (χ0) is 20.4. The lowest BCUT2D eigenvalue weighted by atomic mass is 10.1. The number of hydrogen-bond acceptors (Lipinski definition) is 5. The van der Waals surface area contributed by atoms with E-state index in [0.29, 0.717) is 23.5 Å². The normalized spacial score (nSPS) is 12.4. The van der Waals surface area contributed by atoms with Gasteiger partial charge in [0, 0.05) is 18.0 Å². The predicted octanol–water partition coefficient (Wildman–Crippen LogP) is 3.14. The number of methoxy groups -OCH3 is 1. The van der Waals surface area contributed by atoms with Crippen molar-refractivity contribution in [2.75, 3.05) is 26.9 Å². The lowest BCUT2D eigenvalue weighted by molar-refractivity contribution is -0.175. The highest BCUT2D eigenvalue weighted by atomic mass is 19.4. The molecule has 0 bridgehead atoms. The fraction of sp³-hybridized carbons (Fsp3) is 0.556. The van der Waals surface area contributed by atoms with E-state index in [-0.39, 0.29) is 31.3 Å². The molecule has 0 spiro atoms. The highest BCUT2D eigenvalue weighted by molar-refractivity contribution is 5.94. The molecule has 9 heteroatoms. The lowest BCUT2D eigenvalue weighted by Gasteiger charge is -2.15. The molecule has 1 aromatic carbocycles. The van der Waals surface area contributed by atoms with Crippen molar-refractivity contribution in [3.63, 3.8) is 0 Å². The number of carbonyl (C=O) groups excluding carboxylic acids is 2. The number of amides is 1. The molecule has 1 N–H and O–H groups in total. The van der Waals surface area contributed by atoms with Crippen molar-refractivity contribution < 1.29 is 37.0 Å². The molecule has 0 aliphatic heterocycles. The van der Waals surface area contributed by atoms with Gasteiger partial charge in [0.2, 0.25) is 5.91 Å². The van der Waals surface area contributed by atoms with E-state index < -0.39 is 18.8 Å². The number of hydrogen-bond donors (Lipinski definition) is 1. The molecule has 0 aromatic heterocycles. The van der Waals surface area contributed by atoms with Crippen molar-refractivity contribution in [2.45, 2.75) is 38.9 Å². The van der Waals surface area contributed by atoms with Gasteiger partial charge in [-0.25, -0.2) is 0 Å². The minimum absolute atomic E-state index is 0.0927. The van der Waals surface area contributed by atoms with Crippen LogP contribution in [0.2, 0.25) is 0 Å². The highest BCUT2D eigenvalue weighted by Crippen LogP contribution is 2.28. The standard InChI is InChI=1S/C18H24F3NO5/c1-12(10-26-11-18(19,20)21)22-17(24)5-4-8-27-15-7-6-14(13(2)23)9-16(15)25-3/h6-7,9,12H,4-5,8,10-11H2,1-3H3,(H,22,24). The summed E-state index contributed by atoms with van der Waals surface area (Å²) >= 11 is 0. The fourth-order valence-corrected chi connectivity index (χ4v) is 2.16. The van der Waals surface area contributed by atoms with Crippen LogP contribution in [0.1, 0.15) is 37.0 Å². The summed E-state index contributed by atoms with van der Waals surface area (Å²) in [5.74, 6) is 0.477. The number of carbonyl (C=O) groups is 2. The van der Waals surface area contributed by atoms with Crippen LogP contribution in [-0.4, -0.2) is 50.8 Å². The van der Waals surface area contributed by atoms with Gasteiger partial charge in [-0.1, -0.05) is 0 Å². The minimum atomic E-state index is -4.38. The first-order chi connectivity index (χ1) is 12.6. The molecule has 0 saturated heterocycles. The Morgan fingerprint density at radius 3 is 2.52 bits per heavy atom. The quantitative estimate of drug-likeness (QED) is 0.463. The van der Waals surface area contributed by atoms with Crippen LogP contribution < -0.4 is 14.8 Å². The van der Waals surface area contributed by atoms with Crippen LogP contribution in [0.15, 0.2) is 18.2 Å². The number of ether oxygens (including phenoxy) is 3. The summed E-state index contributed by atoms with van der Waals surface area (Å²) in [6, 6.07) is 4.29. The molecule has 1 rings (SSSR count). The van der Waals surface area contributed by atoms with Gasteiger partial charge < -0.3 is 19.5 Å². The molecule has 152 valence electrons. The third-order valence-corrected chi connectivity index (χ3v) is 3.42. The second-order valence-corrected chi connectivity index (χ2v) is 5.97. The number of alkyl halides is 3. The van der Waals surface area contributed by atoms with Crippen molar-refractivity contribution >= 4 is 11.7 Å². The summed E-state index contributed by atoms with van der Waals surface area (Å²) in [4.78, 5) is 23.1. The Morgan fingerprint density at radius 1 is 1.22 bits per heavy atom. The lowest BCUT2D eigenvalue weighted by Crippen LogP contribution is -2.36. The summed E-state index contributed by atoms with van der Waals surface area (Å²) in [6.07, 6.45) is -3.83. The Hall–Kier alpha value is -2.29. The molecule has 6 nitrogen and oxygen atoms in total. The zero-order valence-corrected chi connectivity index (χ0v) is 15.5. The third-order valence-electron chi connectivity index (χ3n) is 3.42. The Balaban J connectivity index is 2.31. The monoisotopic (exact) mass is 391 g/mol. The maximum atomic E-state index is 12.0. The maximum absolute atomic E-state index is 12.0. The highest BCUT2D eigenvalue weighted by Gasteiger charge is 2.27. The smallest absolute Gasteiger partial charge is 0.411 e. The Bertz CT molecular complexity index is 634. The molecule has 0 aliphatic rings. The van der Waals surface area contributed by atoms with Gasteiger partial charge in [-0.15, -0.1) is 0 Å². The van der Waals surface area contributed by atoms with Crippen LogP contribution in [0.3, 0.4) is 0 Å². The van der Waals surface area contributed by atoms with Crippen LogP contribution in [0.25, 0.3) is 0 Å². The predicted molar refractivity (Wildman–Crippen MR) is 92.2 cm³/mol. The summed E-state index contributed by atoms with van der Waals surface area (Å²) < 4.78 is 51.2. The molecular weight excluding hydrogens is 367 g/mol. The summed E-state index contributed by atoms with van der Waals surface area (Å²) in [5, 5.41) is 2.56. The van der Waals surface area contributed by atoms with Crippen molar-refractivity contribution in [3.8, 4) is 11.5 Å². The number of nitrogens with one attached hydrogen (secondary N) is 1. The van der Waals surface area contributed by atoms with E-state index in [2.05, 4.69) is 10.1 Å². The molecule has 1 atom stereocenters. The SMILES string of the molecule is COc1cc(C(C)=O)ccc1OCCCC(=O)NC(C)COCC(F)(F)F. The zero-order valence-electron chi connectivity index (χ0n) is 15.5. The molecule has 0 aliphatic carbocycles. The van der Waals surface area contributed by atoms with E-state index in [4.69, 9.17) is 9.47 Å². The number of Topliss-reactive ketones (excluding diaryl/α,β-unsaturated/α-hetero) is 1. The first kappa shape index (κ1) is 22.8. The van der Waals surface area contributed by atoms with Crippen molar-refractivity contribution in [2.24, 2.45) is 0 Å². The van der Waals surface area contributed by atoms with Crippen LogP contribution in [0, 0.1) is 0 Å². The van der Waals surface area contributed by atoms with Gasteiger partial charge >= 0.3 is 6.18 Å². The first-order valence-electron chi connectivity index (χ1n) is 8.38. The number of benzene rings is 1. The number of rotatable bonds is 11. The van der Waals surface area contributed by atoms with Crippen LogP contribution in [0.4, 0.5) is 13.2 Å². The molecular formula is C18H24F3NO5.